The highest BCUT2D eigenvalue weighted by Crippen LogP contribution is 2.31. The van der Waals surface area contributed by atoms with Crippen LogP contribution < -0.4 is 4.90 Å². The molecule has 0 heterocycles. The Labute approximate surface area is 125 Å². The number of hydrogen-bond donors (Lipinski definition) is 1. The summed E-state index contributed by atoms with van der Waals surface area (Å²) in [4.78, 5) is 13.8. The number of aliphatic hydroxyl groups excluding tert-OH is 1. The van der Waals surface area contributed by atoms with E-state index >= 15 is 0 Å². The van der Waals surface area contributed by atoms with Crippen LogP contribution in [0.3, 0.4) is 0 Å². The van der Waals surface area contributed by atoms with Crippen molar-refractivity contribution in [2.75, 3.05) is 24.5 Å². The van der Waals surface area contributed by atoms with Crippen LogP contribution in [0.5, 0.6) is 0 Å². The molecule has 0 spiro atoms. The summed E-state index contributed by atoms with van der Waals surface area (Å²) in [6, 6.07) is 5.44. The molecule has 0 radical (unpaired) electrons. The Morgan fingerprint density at radius 1 is 1.45 bits per heavy atom. The number of benzene rings is 1. The zero-order valence-electron chi connectivity index (χ0n) is 12.4. The van der Waals surface area contributed by atoms with Crippen molar-refractivity contribution in [3.63, 3.8) is 0 Å². The molecule has 1 aromatic rings. The molecule has 1 rings (SSSR count). The Morgan fingerprint density at radius 3 is 2.60 bits per heavy atom. The molecule has 1 amide bonds. The predicted octanol–water partition coefficient (Wildman–Crippen LogP) is 2.66. The third-order valence-corrected chi connectivity index (χ3v) is 3.42. The first kappa shape index (κ1) is 17.0. The second-order valence-corrected chi connectivity index (χ2v) is 5.16. The summed E-state index contributed by atoms with van der Waals surface area (Å²) in [5, 5.41) is 9.94. The van der Waals surface area contributed by atoms with E-state index in [2.05, 4.69) is 0 Å². The molecule has 1 N–H and O–H groups in total. The molecule has 1 aromatic carbocycles. The smallest absolute Gasteiger partial charge is 0.242 e. The number of halogens is 1. The van der Waals surface area contributed by atoms with Crippen LogP contribution in [0.2, 0.25) is 0 Å². The van der Waals surface area contributed by atoms with Crippen LogP contribution >= 0.6 is 11.6 Å². The molecule has 0 saturated heterocycles. The van der Waals surface area contributed by atoms with Gasteiger partial charge in [-0.1, -0.05) is 18.2 Å². The van der Waals surface area contributed by atoms with E-state index in [0.717, 1.165) is 11.3 Å². The number of carbonyl (C=O) groups is 1. The summed E-state index contributed by atoms with van der Waals surface area (Å²) >= 11 is 5.73. The molecule has 0 bridgehead atoms. The molecule has 2 atom stereocenters. The lowest BCUT2D eigenvalue weighted by molar-refractivity contribution is -0.116. The number of hydrogen-bond acceptors (Lipinski definition) is 3. The van der Waals surface area contributed by atoms with E-state index in [-0.39, 0.29) is 17.8 Å². The molecule has 0 saturated carbocycles. The zero-order valence-corrected chi connectivity index (χ0v) is 13.1. The lowest BCUT2D eigenvalue weighted by atomic mass is 10.0. The molecule has 20 heavy (non-hydrogen) atoms. The largest absolute Gasteiger partial charge is 0.389 e. The van der Waals surface area contributed by atoms with Crippen molar-refractivity contribution in [1.82, 2.24) is 0 Å². The van der Waals surface area contributed by atoms with Crippen molar-refractivity contribution in [1.29, 1.82) is 0 Å². The monoisotopic (exact) mass is 299 g/mol. The Morgan fingerprint density at radius 2 is 2.10 bits per heavy atom. The van der Waals surface area contributed by atoms with Crippen LogP contribution in [0.1, 0.15) is 31.1 Å². The van der Waals surface area contributed by atoms with Crippen LogP contribution in [0.25, 0.3) is 0 Å². The molecule has 4 nitrogen and oxygen atoms in total. The van der Waals surface area contributed by atoms with Gasteiger partial charge >= 0.3 is 0 Å². The highest BCUT2D eigenvalue weighted by Gasteiger charge is 2.26. The minimum atomic E-state index is -0.662. The first-order chi connectivity index (χ1) is 9.43. The highest BCUT2D eigenvalue weighted by molar-refractivity contribution is 6.29. The quantitative estimate of drug-likeness (QED) is 0.822. The summed E-state index contributed by atoms with van der Waals surface area (Å²) < 4.78 is 5.14. The van der Waals surface area contributed by atoms with E-state index in [4.69, 9.17) is 16.3 Å². The fourth-order valence-electron chi connectivity index (χ4n) is 2.32. The van der Waals surface area contributed by atoms with Crippen LogP contribution in [0, 0.1) is 6.92 Å². The number of aliphatic hydroxyl groups is 1. The summed E-state index contributed by atoms with van der Waals surface area (Å²) in [6.45, 7) is 5.89. The molecular weight excluding hydrogens is 278 g/mol. The average molecular weight is 300 g/mol. The molecule has 112 valence electrons. The Kier molecular flexibility index (Phi) is 6.46. The number of aryl methyl sites for hydroxylation is 1. The lowest BCUT2D eigenvalue weighted by Crippen LogP contribution is -2.43. The number of carbonyl (C=O) groups excluding carboxylic acids is 1. The third-order valence-electron chi connectivity index (χ3n) is 3.19. The van der Waals surface area contributed by atoms with Gasteiger partial charge in [0.2, 0.25) is 5.91 Å². The lowest BCUT2D eigenvalue weighted by Gasteiger charge is -2.32. The maximum absolute atomic E-state index is 12.2. The van der Waals surface area contributed by atoms with Crippen molar-refractivity contribution >= 4 is 23.2 Å². The van der Waals surface area contributed by atoms with E-state index in [0.29, 0.717) is 12.2 Å². The summed E-state index contributed by atoms with van der Waals surface area (Å²) in [5.41, 5.74) is 2.36. The number of anilines is 1. The van der Waals surface area contributed by atoms with Gasteiger partial charge in [0.1, 0.15) is 5.88 Å². The molecule has 2 unspecified atom stereocenters. The van der Waals surface area contributed by atoms with Crippen molar-refractivity contribution in [2.45, 2.75) is 32.9 Å². The molecule has 0 aliphatic carbocycles. The fourth-order valence-corrected chi connectivity index (χ4v) is 2.45. The van der Waals surface area contributed by atoms with E-state index in [1.807, 2.05) is 32.0 Å². The predicted molar refractivity (Wildman–Crippen MR) is 81.4 cm³/mol. The second-order valence-electron chi connectivity index (χ2n) is 4.89. The maximum atomic E-state index is 12.2. The number of methoxy groups -OCH3 is 1. The topological polar surface area (TPSA) is 49.8 Å². The first-order valence-electron chi connectivity index (χ1n) is 6.58. The van der Waals surface area contributed by atoms with E-state index < -0.39 is 6.10 Å². The van der Waals surface area contributed by atoms with E-state index in [1.54, 1.807) is 18.9 Å². The Bertz CT molecular complexity index is 462. The van der Waals surface area contributed by atoms with Crippen LogP contribution in [-0.4, -0.2) is 36.7 Å². The van der Waals surface area contributed by atoms with Crippen molar-refractivity contribution < 1.29 is 14.6 Å². The number of ether oxygens (including phenoxy) is 1. The second kappa shape index (κ2) is 7.62. The van der Waals surface area contributed by atoms with Gasteiger partial charge in [-0.05, 0) is 26.3 Å². The van der Waals surface area contributed by atoms with Crippen molar-refractivity contribution in [2.24, 2.45) is 0 Å². The summed E-state index contributed by atoms with van der Waals surface area (Å²) in [6.07, 6.45) is -0.662. The Hall–Kier alpha value is -1.10. The minimum absolute atomic E-state index is 0.109. The molecule has 5 heteroatoms. The van der Waals surface area contributed by atoms with Gasteiger partial charge in [0.25, 0.3) is 0 Å². The molecule has 0 aliphatic heterocycles. The van der Waals surface area contributed by atoms with Gasteiger partial charge in [-0.2, -0.15) is 0 Å². The number of alkyl halides is 1. The van der Waals surface area contributed by atoms with Gasteiger partial charge in [0.05, 0.1) is 24.4 Å². The molecule has 0 fully saturated rings. The number of amides is 1. The third kappa shape index (κ3) is 3.72. The molecular formula is C15H22ClNO3. The Balaban J connectivity index is 3.36. The number of para-hydroxylation sites is 1. The number of nitrogens with zero attached hydrogens (tertiary/aromatic N) is 1. The minimum Gasteiger partial charge on any atom is -0.389 e. The van der Waals surface area contributed by atoms with Gasteiger partial charge in [-0.25, -0.2) is 0 Å². The summed E-state index contributed by atoms with van der Waals surface area (Å²) in [7, 11) is 1.59. The maximum Gasteiger partial charge on any atom is 0.242 e. The summed E-state index contributed by atoms with van der Waals surface area (Å²) in [5.74, 6) is -0.311. The van der Waals surface area contributed by atoms with Gasteiger partial charge in [0, 0.05) is 12.7 Å². The molecule has 0 aromatic heterocycles. The van der Waals surface area contributed by atoms with Crippen LogP contribution in [0.4, 0.5) is 5.69 Å². The zero-order chi connectivity index (χ0) is 15.3. The highest BCUT2D eigenvalue weighted by atomic mass is 35.5. The van der Waals surface area contributed by atoms with E-state index in [1.165, 1.54) is 0 Å². The van der Waals surface area contributed by atoms with Crippen molar-refractivity contribution in [3.8, 4) is 0 Å². The average Bonchev–Trinajstić information content (AvgIpc) is 2.40. The van der Waals surface area contributed by atoms with E-state index in [9.17, 15) is 9.90 Å². The van der Waals surface area contributed by atoms with Gasteiger partial charge in [0.15, 0.2) is 0 Å². The van der Waals surface area contributed by atoms with Gasteiger partial charge in [-0.15, -0.1) is 11.6 Å². The van der Waals surface area contributed by atoms with Crippen LogP contribution in [0.15, 0.2) is 18.2 Å². The van der Waals surface area contributed by atoms with Crippen LogP contribution in [-0.2, 0) is 9.53 Å². The number of rotatable bonds is 6. The van der Waals surface area contributed by atoms with Gasteiger partial charge in [-0.3, -0.25) is 4.79 Å². The normalized spacial score (nSPS) is 13.9. The SMILES string of the molecule is COCC(C)N(C(=O)CCl)c1c(C)cccc1C(C)O. The van der Waals surface area contributed by atoms with Crippen molar-refractivity contribution in [3.05, 3.63) is 29.3 Å². The standard InChI is InChI=1S/C15H22ClNO3/c1-10-6-5-7-13(12(3)18)15(10)17(14(19)8-16)11(2)9-20-4/h5-7,11-12,18H,8-9H2,1-4H3. The molecule has 0 aliphatic rings. The fraction of sp³-hybridized carbons (Fsp3) is 0.533. The van der Waals surface area contributed by atoms with Gasteiger partial charge < -0.3 is 14.7 Å². The first-order valence-corrected chi connectivity index (χ1v) is 7.12.